The summed E-state index contributed by atoms with van der Waals surface area (Å²) in [6.07, 6.45) is 10.6. The molecule has 1 unspecified atom stereocenters. The monoisotopic (exact) mass is 222 g/mol. The van der Waals surface area contributed by atoms with Crippen molar-refractivity contribution in [1.29, 1.82) is 0 Å². The van der Waals surface area contributed by atoms with Crippen LogP contribution in [0.3, 0.4) is 0 Å². The Bertz CT molecular complexity index is 229. The van der Waals surface area contributed by atoms with E-state index in [0.717, 1.165) is 6.04 Å². The van der Waals surface area contributed by atoms with Gasteiger partial charge in [0.25, 0.3) is 0 Å². The lowest BCUT2D eigenvalue weighted by Crippen LogP contribution is -2.35. The lowest BCUT2D eigenvalue weighted by molar-refractivity contribution is 0.271. The van der Waals surface area contributed by atoms with Crippen LogP contribution in [0.25, 0.3) is 0 Å². The summed E-state index contributed by atoms with van der Waals surface area (Å²) in [7, 11) is 0. The summed E-state index contributed by atoms with van der Waals surface area (Å²) in [6, 6.07) is 0.815. The molecule has 1 atom stereocenters. The van der Waals surface area contributed by atoms with Crippen LogP contribution in [0, 0.1) is 0 Å². The molecule has 2 nitrogen and oxygen atoms in total. The van der Waals surface area contributed by atoms with E-state index in [0.29, 0.717) is 0 Å². The zero-order valence-corrected chi connectivity index (χ0v) is 10.7. The first-order valence-electron chi connectivity index (χ1n) is 6.96. The van der Waals surface area contributed by atoms with Crippen molar-refractivity contribution in [1.82, 2.24) is 10.2 Å². The molecule has 1 saturated heterocycles. The van der Waals surface area contributed by atoms with Crippen molar-refractivity contribution < 1.29 is 0 Å². The van der Waals surface area contributed by atoms with Gasteiger partial charge in [0.2, 0.25) is 0 Å². The summed E-state index contributed by atoms with van der Waals surface area (Å²) >= 11 is 0. The molecule has 0 saturated carbocycles. The van der Waals surface area contributed by atoms with E-state index in [2.05, 4.69) is 23.2 Å². The Labute approximate surface area is 100 Å². The number of nitrogens with one attached hydrogen (secondary N) is 1. The highest BCUT2D eigenvalue weighted by atomic mass is 15.1. The zero-order valence-electron chi connectivity index (χ0n) is 10.7. The Kier molecular flexibility index (Phi) is 4.86. The molecule has 2 heterocycles. The molecule has 0 aromatic carbocycles. The molecule has 0 aromatic rings. The summed E-state index contributed by atoms with van der Waals surface area (Å²) in [5.74, 6) is 0. The molecule has 2 rings (SSSR count). The molecule has 92 valence electrons. The van der Waals surface area contributed by atoms with Crippen LogP contribution in [0.15, 0.2) is 11.6 Å². The minimum Gasteiger partial charge on any atom is -0.314 e. The highest BCUT2D eigenvalue weighted by Crippen LogP contribution is 2.14. The van der Waals surface area contributed by atoms with Crippen molar-refractivity contribution >= 4 is 0 Å². The Balaban J connectivity index is 1.58. The molecular weight excluding hydrogens is 196 g/mol. The number of hydrogen-bond donors (Lipinski definition) is 1. The second kappa shape index (κ2) is 6.41. The maximum absolute atomic E-state index is 3.64. The molecule has 0 radical (unpaired) electrons. The second-order valence-corrected chi connectivity index (χ2v) is 5.40. The predicted molar refractivity (Wildman–Crippen MR) is 69.7 cm³/mol. The summed E-state index contributed by atoms with van der Waals surface area (Å²) < 4.78 is 0. The number of nitrogens with zero attached hydrogens (tertiary/aromatic N) is 1. The smallest absolute Gasteiger partial charge is 0.0190 e. The summed E-state index contributed by atoms with van der Waals surface area (Å²) in [5.41, 5.74) is 1.56. The van der Waals surface area contributed by atoms with Crippen LogP contribution in [-0.4, -0.2) is 37.1 Å². The van der Waals surface area contributed by atoms with E-state index in [4.69, 9.17) is 0 Å². The van der Waals surface area contributed by atoms with Crippen LogP contribution >= 0.6 is 0 Å². The second-order valence-electron chi connectivity index (χ2n) is 5.40. The molecule has 2 heteroatoms. The molecule has 0 bridgehead atoms. The minimum absolute atomic E-state index is 0.815. The largest absolute Gasteiger partial charge is 0.314 e. The fourth-order valence-electron chi connectivity index (χ4n) is 2.91. The van der Waals surface area contributed by atoms with Crippen molar-refractivity contribution in [3.05, 3.63) is 11.6 Å². The van der Waals surface area contributed by atoms with Crippen molar-refractivity contribution in [2.24, 2.45) is 0 Å². The standard InChI is InChI=1S/C14H26N2/c1-13-6-4-10-16(12-13)11-5-8-14-7-2-3-9-15-14/h6,14-15H,2-5,7-12H2,1H3. The fourth-order valence-corrected chi connectivity index (χ4v) is 2.91. The van der Waals surface area contributed by atoms with Gasteiger partial charge in [-0.05, 0) is 52.1 Å². The van der Waals surface area contributed by atoms with Gasteiger partial charge in [-0.15, -0.1) is 0 Å². The topological polar surface area (TPSA) is 15.3 Å². The highest BCUT2D eigenvalue weighted by molar-refractivity contribution is 5.04. The van der Waals surface area contributed by atoms with E-state index in [9.17, 15) is 0 Å². The SMILES string of the molecule is CC1=CCCN(CCCC2CCCCN2)C1. The number of piperidine rings is 1. The van der Waals surface area contributed by atoms with Gasteiger partial charge in [0.1, 0.15) is 0 Å². The maximum atomic E-state index is 3.64. The quantitative estimate of drug-likeness (QED) is 0.735. The summed E-state index contributed by atoms with van der Waals surface area (Å²) in [6.45, 7) is 7.28. The van der Waals surface area contributed by atoms with Crippen LogP contribution in [0.4, 0.5) is 0 Å². The summed E-state index contributed by atoms with van der Waals surface area (Å²) in [5, 5.41) is 3.64. The van der Waals surface area contributed by atoms with Crippen molar-refractivity contribution in [3.63, 3.8) is 0 Å². The van der Waals surface area contributed by atoms with Gasteiger partial charge in [-0.3, -0.25) is 4.90 Å². The maximum Gasteiger partial charge on any atom is 0.0190 e. The Morgan fingerprint density at radius 3 is 3.12 bits per heavy atom. The van der Waals surface area contributed by atoms with E-state index in [1.165, 1.54) is 64.7 Å². The Morgan fingerprint density at radius 1 is 1.44 bits per heavy atom. The van der Waals surface area contributed by atoms with E-state index in [1.807, 2.05) is 0 Å². The molecule has 0 aromatic heterocycles. The zero-order chi connectivity index (χ0) is 11.2. The lowest BCUT2D eigenvalue weighted by Gasteiger charge is -2.28. The predicted octanol–water partition coefficient (Wildman–Crippen LogP) is 2.56. The number of hydrogen-bond acceptors (Lipinski definition) is 2. The van der Waals surface area contributed by atoms with Crippen LogP contribution in [-0.2, 0) is 0 Å². The lowest BCUT2D eigenvalue weighted by atomic mass is 10.0. The molecule has 0 spiro atoms. The molecular formula is C14H26N2. The normalized spacial score (nSPS) is 27.8. The third-order valence-electron chi connectivity index (χ3n) is 3.85. The molecule has 1 N–H and O–H groups in total. The van der Waals surface area contributed by atoms with Gasteiger partial charge >= 0.3 is 0 Å². The number of rotatable bonds is 4. The van der Waals surface area contributed by atoms with Gasteiger partial charge in [0, 0.05) is 19.1 Å². The van der Waals surface area contributed by atoms with Crippen LogP contribution in [0.1, 0.15) is 45.4 Å². The first kappa shape index (κ1) is 12.1. The van der Waals surface area contributed by atoms with E-state index < -0.39 is 0 Å². The van der Waals surface area contributed by atoms with E-state index >= 15 is 0 Å². The molecule has 0 amide bonds. The van der Waals surface area contributed by atoms with Gasteiger partial charge in [-0.2, -0.15) is 0 Å². The van der Waals surface area contributed by atoms with E-state index in [-0.39, 0.29) is 0 Å². The van der Waals surface area contributed by atoms with Crippen molar-refractivity contribution in [3.8, 4) is 0 Å². The molecule has 16 heavy (non-hydrogen) atoms. The molecule has 1 fully saturated rings. The molecule has 2 aliphatic heterocycles. The van der Waals surface area contributed by atoms with Gasteiger partial charge in [-0.1, -0.05) is 18.1 Å². The van der Waals surface area contributed by atoms with Gasteiger partial charge < -0.3 is 5.32 Å². The molecule has 2 aliphatic rings. The van der Waals surface area contributed by atoms with Gasteiger partial charge in [0.05, 0.1) is 0 Å². The van der Waals surface area contributed by atoms with Crippen LogP contribution in [0.5, 0.6) is 0 Å². The first-order valence-corrected chi connectivity index (χ1v) is 6.96. The van der Waals surface area contributed by atoms with Gasteiger partial charge in [0.15, 0.2) is 0 Å². The van der Waals surface area contributed by atoms with Crippen molar-refractivity contribution in [2.75, 3.05) is 26.2 Å². The highest BCUT2D eigenvalue weighted by Gasteiger charge is 2.13. The van der Waals surface area contributed by atoms with Crippen LogP contribution < -0.4 is 5.32 Å². The van der Waals surface area contributed by atoms with Gasteiger partial charge in [-0.25, -0.2) is 0 Å². The minimum atomic E-state index is 0.815. The van der Waals surface area contributed by atoms with Crippen LogP contribution in [0.2, 0.25) is 0 Å². The third-order valence-corrected chi connectivity index (χ3v) is 3.85. The average Bonchev–Trinajstić information content (AvgIpc) is 2.30. The van der Waals surface area contributed by atoms with E-state index in [1.54, 1.807) is 5.57 Å². The Hall–Kier alpha value is -0.340. The summed E-state index contributed by atoms with van der Waals surface area (Å²) in [4.78, 5) is 2.61. The third kappa shape index (κ3) is 3.91. The fraction of sp³-hybridized carbons (Fsp3) is 0.857. The average molecular weight is 222 g/mol. The first-order chi connectivity index (χ1) is 7.84. The van der Waals surface area contributed by atoms with Crippen molar-refractivity contribution in [2.45, 2.75) is 51.5 Å². The Morgan fingerprint density at radius 2 is 2.38 bits per heavy atom. The molecule has 0 aliphatic carbocycles.